The molecule has 0 aliphatic heterocycles. The number of carbonyl (C=O) groups is 4. The number of amides is 2. The summed E-state index contributed by atoms with van der Waals surface area (Å²) in [7, 11) is 4.86. The van der Waals surface area contributed by atoms with Gasteiger partial charge in [-0.1, -0.05) is 0 Å². The lowest BCUT2D eigenvalue weighted by Crippen LogP contribution is -2.27. The fourth-order valence-electron chi connectivity index (χ4n) is 2.97. The molecule has 2 aromatic heterocycles. The summed E-state index contributed by atoms with van der Waals surface area (Å²) >= 11 is 0. The predicted octanol–water partition coefficient (Wildman–Crippen LogP) is 3.95. The first kappa shape index (κ1) is 28.0. The monoisotopic (exact) mass is 500 g/mol. The van der Waals surface area contributed by atoms with Gasteiger partial charge in [-0.25, -0.2) is 4.79 Å². The van der Waals surface area contributed by atoms with E-state index < -0.39 is 11.7 Å². The summed E-state index contributed by atoms with van der Waals surface area (Å²) < 4.78 is 16.6. The molecule has 0 fully saturated rings. The van der Waals surface area contributed by atoms with Crippen LogP contribution in [0.3, 0.4) is 0 Å². The minimum absolute atomic E-state index is 0.131. The zero-order valence-corrected chi connectivity index (χ0v) is 21.3. The summed E-state index contributed by atoms with van der Waals surface area (Å²) in [5.74, 6) is -0.497. The molecule has 0 spiro atoms. The lowest BCUT2D eigenvalue weighted by atomic mass is 10.2. The number of esters is 1. The zero-order valence-electron chi connectivity index (χ0n) is 21.3. The van der Waals surface area contributed by atoms with E-state index >= 15 is 0 Å². The molecule has 11 nitrogen and oxygen atoms in total. The predicted molar refractivity (Wildman–Crippen MR) is 135 cm³/mol. The van der Waals surface area contributed by atoms with Crippen LogP contribution in [0.1, 0.15) is 48.2 Å². The SMILES string of the molecule is CNc1ccc2oc(C(=O)NCCC(=O)OC)cc2c1.Cn1cc(NC(=O)OC(C)(C)C)cc1C=O. The van der Waals surface area contributed by atoms with E-state index in [4.69, 9.17) is 9.15 Å². The second kappa shape index (κ2) is 12.4. The van der Waals surface area contributed by atoms with Gasteiger partial charge in [-0.05, 0) is 51.1 Å². The first-order chi connectivity index (χ1) is 16.9. The highest BCUT2D eigenvalue weighted by molar-refractivity contribution is 5.96. The number of rotatable bonds is 7. The standard InChI is InChI=1S/C14H16N2O4.C11H16N2O3/c1-15-10-3-4-11-9(7-10)8-12(20-11)14(18)16-6-5-13(17)19-2;1-11(2,3)16-10(15)12-8-5-9(7-14)13(4)6-8/h3-4,7-8,15H,5-6H2,1-2H3,(H,16,18);5-7H,1-4H3,(H,12,15). The van der Waals surface area contributed by atoms with Gasteiger partial charge >= 0.3 is 12.1 Å². The Labute approximate surface area is 209 Å². The minimum Gasteiger partial charge on any atom is -0.469 e. The Morgan fingerprint density at radius 1 is 1.11 bits per heavy atom. The van der Waals surface area contributed by atoms with Crippen molar-refractivity contribution in [3.8, 4) is 0 Å². The fourth-order valence-corrected chi connectivity index (χ4v) is 2.97. The van der Waals surface area contributed by atoms with Crippen LogP contribution in [0.4, 0.5) is 16.2 Å². The van der Waals surface area contributed by atoms with E-state index in [1.807, 2.05) is 19.2 Å². The van der Waals surface area contributed by atoms with Gasteiger partial charge in [-0.2, -0.15) is 0 Å². The number of methoxy groups -OCH3 is 1. The summed E-state index contributed by atoms with van der Waals surface area (Å²) in [6, 6.07) is 8.81. The average Bonchev–Trinajstić information content (AvgIpc) is 3.39. The molecular weight excluding hydrogens is 468 g/mol. The van der Waals surface area contributed by atoms with Crippen LogP contribution in [-0.4, -0.2) is 55.1 Å². The normalized spacial score (nSPS) is 10.6. The van der Waals surface area contributed by atoms with Crippen LogP contribution in [0.2, 0.25) is 0 Å². The maximum absolute atomic E-state index is 11.9. The summed E-state index contributed by atoms with van der Waals surface area (Å²) in [5, 5.41) is 9.02. The number of fused-ring (bicyclic) bond motifs is 1. The molecule has 3 N–H and O–H groups in total. The van der Waals surface area contributed by atoms with Gasteiger partial charge in [0.2, 0.25) is 0 Å². The van der Waals surface area contributed by atoms with Gasteiger partial charge in [0.15, 0.2) is 12.0 Å². The van der Waals surface area contributed by atoms with Gasteiger partial charge in [-0.3, -0.25) is 19.7 Å². The largest absolute Gasteiger partial charge is 0.469 e. The number of aryl methyl sites for hydroxylation is 1. The van der Waals surface area contributed by atoms with Crippen LogP contribution in [0.15, 0.2) is 40.9 Å². The molecule has 194 valence electrons. The van der Waals surface area contributed by atoms with Crippen molar-refractivity contribution in [1.29, 1.82) is 0 Å². The van der Waals surface area contributed by atoms with Crippen LogP contribution >= 0.6 is 0 Å². The van der Waals surface area contributed by atoms with Gasteiger partial charge in [0.05, 0.1) is 24.9 Å². The molecule has 0 atom stereocenters. The van der Waals surface area contributed by atoms with Crippen LogP contribution in [0.5, 0.6) is 0 Å². The minimum atomic E-state index is -0.535. The number of furan rings is 1. The van der Waals surface area contributed by atoms with E-state index in [2.05, 4.69) is 20.7 Å². The first-order valence-electron chi connectivity index (χ1n) is 11.1. The summed E-state index contributed by atoms with van der Waals surface area (Å²) in [6.45, 7) is 5.57. The Morgan fingerprint density at radius 3 is 2.42 bits per heavy atom. The van der Waals surface area contributed by atoms with Crippen molar-refractivity contribution in [2.24, 2.45) is 7.05 Å². The number of carbonyl (C=O) groups excluding carboxylic acids is 4. The van der Waals surface area contributed by atoms with Crippen molar-refractivity contribution >= 4 is 46.6 Å². The summed E-state index contributed by atoms with van der Waals surface area (Å²) in [5.41, 5.74) is 2.08. The Hall–Kier alpha value is -4.28. The van der Waals surface area contributed by atoms with Crippen LogP contribution in [0, 0.1) is 0 Å². The fraction of sp³-hybridized carbons (Fsp3) is 0.360. The van der Waals surface area contributed by atoms with E-state index in [1.165, 1.54) is 7.11 Å². The van der Waals surface area contributed by atoms with Crippen molar-refractivity contribution in [3.63, 3.8) is 0 Å². The van der Waals surface area contributed by atoms with Crippen LogP contribution < -0.4 is 16.0 Å². The molecule has 1 aromatic carbocycles. The Morgan fingerprint density at radius 2 is 1.83 bits per heavy atom. The topological polar surface area (TPSA) is 141 Å². The van der Waals surface area contributed by atoms with Crippen molar-refractivity contribution in [2.75, 3.05) is 31.3 Å². The van der Waals surface area contributed by atoms with E-state index in [0.717, 1.165) is 17.4 Å². The zero-order chi connectivity index (χ0) is 26.9. The molecule has 0 saturated carbocycles. The van der Waals surface area contributed by atoms with E-state index in [-0.39, 0.29) is 30.6 Å². The quantitative estimate of drug-likeness (QED) is 0.327. The summed E-state index contributed by atoms with van der Waals surface area (Å²) in [4.78, 5) is 44.8. The third kappa shape index (κ3) is 8.49. The molecule has 0 saturated heterocycles. The number of nitrogens with one attached hydrogen (secondary N) is 3. The van der Waals surface area contributed by atoms with Crippen molar-refractivity contribution in [3.05, 3.63) is 48.0 Å². The lowest BCUT2D eigenvalue weighted by molar-refractivity contribution is -0.140. The van der Waals surface area contributed by atoms with Crippen molar-refractivity contribution in [2.45, 2.75) is 32.8 Å². The lowest BCUT2D eigenvalue weighted by Gasteiger charge is -2.19. The number of hydrogen-bond acceptors (Lipinski definition) is 8. The van der Waals surface area contributed by atoms with Gasteiger partial charge in [0, 0.05) is 37.9 Å². The molecule has 11 heteroatoms. The number of benzene rings is 1. The molecule has 3 rings (SSSR count). The van der Waals surface area contributed by atoms with Crippen molar-refractivity contribution in [1.82, 2.24) is 9.88 Å². The van der Waals surface area contributed by atoms with Crippen LogP contribution in [0.25, 0.3) is 11.0 Å². The smallest absolute Gasteiger partial charge is 0.412 e. The van der Waals surface area contributed by atoms with Gasteiger partial charge in [-0.15, -0.1) is 0 Å². The van der Waals surface area contributed by atoms with Gasteiger partial charge in [0.25, 0.3) is 5.91 Å². The molecule has 0 aliphatic carbocycles. The number of anilines is 2. The first-order valence-corrected chi connectivity index (χ1v) is 11.1. The Balaban J connectivity index is 0.000000261. The number of aromatic nitrogens is 1. The molecule has 0 aliphatic rings. The molecule has 36 heavy (non-hydrogen) atoms. The highest BCUT2D eigenvalue weighted by atomic mass is 16.6. The molecule has 2 amide bonds. The van der Waals surface area contributed by atoms with Crippen molar-refractivity contribution < 1.29 is 33.1 Å². The Bertz CT molecular complexity index is 1220. The molecule has 2 heterocycles. The third-order valence-corrected chi connectivity index (χ3v) is 4.68. The second-order valence-electron chi connectivity index (χ2n) is 8.70. The number of nitrogens with zero attached hydrogens (tertiary/aromatic N) is 1. The molecule has 3 aromatic rings. The summed E-state index contributed by atoms with van der Waals surface area (Å²) in [6.07, 6.45) is 1.97. The number of aldehydes is 1. The second-order valence-corrected chi connectivity index (χ2v) is 8.70. The van der Waals surface area contributed by atoms with E-state index in [0.29, 0.717) is 17.0 Å². The maximum Gasteiger partial charge on any atom is 0.412 e. The van der Waals surface area contributed by atoms with Crippen LogP contribution in [-0.2, 0) is 21.3 Å². The Kier molecular flexibility index (Phi) is 9.66. The number of hydrogen-bond donors (Lipinski definition) is 3. The highest BCUT2D eigenvalue weighted by Gasteiger charge is 2.17. The maximum atomic E-state index is 11.9. The van der Waals surface area contributed by atoms with E-state index in [1.54, 1.807) is 56.8 Å². The highest BCUT2D eigenvalue weighted by Crippen LogP contribution is 2.22. The van der Waals surface area contributed by atoms with Gasteiger partial charge in [0.1, 0.15) is 11.2 Å². The molecular formula is C25H32N4O7. The average molecular weight is 501 g/mol. The molecule has 0 unspecified atom stereocenters. The van der Waals surface area contributed by atoms with E-state index in [9.17, 15) is 19.2 Å². The van der Waals surface area contributed by atoms with Gasteiger partial charge < -0.3 is 29.1 Å². The number of ether oxygens (including phenoxy) is 2. The molecule has 0 bridgehead atoms. The third-order valence-electron chi connectivity index (χ3n) is 4.68. The molecule has 0 radical (unpaired) electrons.